The Hall–Kier alpha value is -3.13. The fourth-order valence-corrected chi connectivity index (χ4v) is 3.14. The van der Waals surface area contributed by atoms with Crippen molar-refractivity contribution in [3.05, 3.63) is 76.2 Å². The number of carbonyl (C=O) groups is 1. The van der Waals surface area contributed by atoms with Crippen LogP contribution in [0.5, 0.6) is 0 Å². The average Bonchev–Trinajstić information content (AvgIpc) is 2.63. The van der Waals surface area contributed by atoms with Crippen LogP contribution in [0.2, 0.25) is 0 Å². The lowest BCUT2D eigenvalue weighted by molar-refractivity contribution is 0.249. The Morgan fingerprint density at radius 1 is 1.24 bits per heavy atom. The van der Waals surface area contributed by atoms with Crippen LogP contribution in [0, 0.1) is 0 Å². The minimum absolute atomic E-state index is 0.267. The SMILES string of the molecule is NC(=O)N/N=C/c1c(SCc2ccccc2)nc2ccccn2c1=O. The summed E-state index contributed by atoms with van der Waals surface area (Å²) < 4.78 is 1.43. The summed E-state index contributed by atoms with van der Waals surface area (Å²) in [5.41, 5.74) is 8.76. The molecule has 7 nitrogen and oxygen atoms in total. The van der Waals surface area contributed by atoms with Crippen LogP contribution in [0.3, 0.4) is 0 Å². The molecule has 0 atom stereocenters. The summed E-state index contributed by atoms with van der Waals surface area (Å²) in [4.78, 5) is 28.0. The number of fused-ring (bicyclic) bond motifs is 1. The number of amides is 2. The van der Waals surface area contributed by atoms with Crippen LogP contribution in [0.25, 0.3) is 5.65 Å². The normalized spacial score (nSPS) is 11.0. The fourth-order valence-electron chi connectivity index (χ4n) is 2.19. The zero-order valence-corrected chi connectivity index (χ0v) is 13.9. The molecule has 2 amide bonds. The molecule has 0 bridgehead atoms. The predicted molar refractivity (Wildman–Crippen MR) is 97.8 cm³/mol. The molecule has 0 aliphatic heterocycles. The Balaban J connectivity index is 2.00. The van der Waals surface area contributed by atoms with Crippen molar-refractivity contribution >= 4 is 29.7 Å². The summed E-state index contributed by atoms with van der Waals surface area (Å²) >= 11 is 1.43. The second-order valence-corrected chi connectivity index (χ2v) is 6.04. The summed E-state index contributed by atoms with van der Waals surface area (Å²) in [5, 5.41) is 4.25. The van der Waals surface area contributed by atoms with Crippen molar-refractivity contribution in [3.8, 4) is 0 Å². The maximum Gasteiger partial charge on any atom is 0.332 e. The Kier molecular flexibility index (Phi) is 5.10. The number of carbonyl (C=O) groups excluding carboxylic acids is 1. The monoisotopic (exact) mass is 353 g/mol. The highest BCUT2D eigenvalue weighted by molar-refractivity contribution is 7.98. The smallest absolute Gasteiger partial charge is 0.332 e. The van der Waals surface area contributed by atoms with Gasteiger partial charge in [0.25, 0.3) is 5.56 Å². The number of aromatic nitrogens is 2. The summed E-state index contributed by atoms with van der Waals surface area (Å²) in [6.45, 7) is 0. The zero-order chi connectivity index (χ0) is 17.6. The van der Waals surface area contributed by atoms with E-state index in [1.165, 1.54) is 22.4 Å². The van der Waals surface area contributed by atoms with Gasteiger partial charge in [-0.2, -0.15) is 5.10 Å². The molecule has 1 aromatic carbocycles. The second-order valence-electron chi connectivity index (χ2n) is 5.07. The third-order valence-corrected chi connectivity index (χ3v) is 4.38. The van der Waals surface area contributed by atoms with E-state index in [1.807, 2.05) is 36.4 Å². The van der Waals surface area contributed by atoms with Crippen molar-refractivity contribution in [3.63, 3.8) is 0 Å². The highest BCUT2D eigenvalue weighted by atomic mass is 32.2. The lowest BCUT2D eigenvalue weighted by Gasteiger charge is -2.08. The van der Waals surface area contributed by atoms with Crippen molar-refractivity contribution in [2.75, 3.05) is 0 Å². The Morgan fingerprint density at radius 3 is 2.76 bits per heavy atom. The van der Waals surface area contributed by atoms with Gasteiger partial charge in [-0.3, -0.25) is 9.20 Å². The van der Waals surface area contributed by atoms with E-state index in [0.29, 0.717) is 22.0 Å². The third-order valence-electron chi connectivity index (χ3n) is 3.32. The van der Waals surface area contributed by atoms with Crippen LogP contribution in [0.15, 0.2) is 69.6 Å². The van der Waals surface area contributed by atoms with E-state index in [2.05, 4.69) is 15.5 Å². The first kappa shape index (κ1) is 16.7. The molecule has 0 aliphatic carbocycles. The van der Waals surface area contributed by atoms with Crippen LogP contribution in [0.1, 0.15) is 11.1 Å². The molecule has 3 aromatic rings. The first-order chi connectivity index (χ1) is 12.1. The van der Waals surface area contributed by atoms with Gasteiger partial charge in [0.1, 0.15) is 10.7 Å². The molecule has 0 fully saturated rings. The van der Waals surface area contributed by atoms with Crippen molar-refractivity contribution in [2.45, 2.75) is 10.8 Å². The maximum atomic E-state index is 12.7. The van der Waals surface area contributed by atoms with Gasteiger partial charge in [0, 0.05) is 11.9 Å². The van der Waals surface area contributed by atoms with Crippen LogP contribution >= 0.6 is 11.8 Å². The molecule has 0 unspecified atom stereocenters. The molecular weight excluding hydrogens is 338 g/mol. The summed E-state index contributed by atoms with van der Waals surface area (Å²) in [6, 6.07) is 14.4. The molecule has 0 saturated heterocycles. The number of nitrogens with two attached hydrogens (primary N) is 1. The van der Waals surface area contributed by atoms with Gasteiger partial charge in [0.2, 0.25) is 0 Å². The molecular formula is C17H15N5O2S. The third kappa shape index (κ3) is 4.04. The van der Waals surface area contributed by atoms with Gasteiger partial charge in [-0.1, -0.05) is 36.4 Å². The van der Waals surface area contributed by atoms with Crippen LogP contribution < -0.4 is 16.7 Å². The fraction of sp³-hybridized carbons (Fsp3) is 0.0588. The quantitative estimate of drug-likeness (QED) is 0.317. The van der Waals surface area contributed by atoms with Crippen molar-refractivity contribution < 1.29 is 4.79 Å². The maximum absolute atomic E-state index is 12.7. The topological polar surface area (TPSA) is 102 Å². The largest absolute Gasteiger partial charge is 0.350 e. The average molecular weight is 353 g/mol. The first-order valence-corrected chi connectivity index (χ1v) is 8.40. The van der Waals surface area contributed by atoms with E-state index in [9.17, 15) is 9.59 Å². The van der Waals surface area contributed by atoms with Crippen LogP contribution in [-0.4, -0.2) is 21.6 Å². The number of hydrogen-bond donors (Lipinski definition) is 2. The minimum atomic E-state index is -0.802. The van der Waals surface area contributed by atoms with Crippen LogP contribution in [0.4, 0.5) is 4.79 Å². The number of pyridine rings is 1. The van der Waals surface area contributed by atoms with E-state index >= 15 is 0 Å². The number of urea groups is 1. The van der Waals surface area contributed by atoms with Gasteiger partial charge in [0.05, 0.1) is 11.8 Å². The number of thioether (sulfide) groups is 1. The summed E-state index contributed by atoms with van der Waals surface area (Å²) in [6.07, 6.45) is 2.90. The molecule has 2 heterocycles. The predicted octanol–water partition coefficient (Wildman–Crippen LogP) is 1.99. The van der Waals surface area contributed by atoms with Gasteiger partial charge in [-0.15, -0.1) is 11.8 Å². The van der Waals surface area contributed by atoms with Gasteiger partial charge < -0.3 is 5.73 Å². The Bertz CT molecular complexity index is 985. The van der Waals surface area contributed by atoms with E-state index in [1.54, 1.807) is 18.3 Å². The molecule has 2 aromatic heterocycles. The van der Waals surface area contributed by atoms with Gasteiger partial charge in [0.15, 0.2) is 0 Å². The zero-order valence-electron chi connectivity index (χ0n) is 13.1. The van der Waals surface area contributed by atoms with E-state index in [-0.39, 0.29) is 5.56 Å². The second kappa shape index (κ2) is 7.63. The van der Waals surface area contributed by atoms with Gasteiger partial charge in [-0.25, -0.2) is 15.2 Å². The lowest BCUT2D eigenvalue weighted by atomic mass is 10.2. The number of hydrazone groups is 1. The van der Waals surface area contributed by atoms with Gasteiger partial charge >= 0.3 is 6.03 Å². The van der Waals surface area contributed by atoms with E-state index < -0.39 is 6.03 Å². The first-order valence-electron chi connectivity index (χ1n) is 7.42. The summed E-state index contributed by atoms with van der Waals surface area (Å²) in [7, 11) is 0. The van der Waals surface area contributed by atoms with E-state index in [0.717, 1.165) is 5.56 Å². The molecule has 25 heavy (non-hydrogen) atoms. The van der Waals surface area contributed by atoms with Gasteiger partial charge in [-0.05, 0) is 17.7 Å². The minimum Gasteiger partial charge on any atom is -0.350 e. The number of benzene rings is 1. The van der Waals surface area contributed by atoms with Crippen molar-refractivity contribution in [1.82, 2.24) is 14.8 Å². The van der Waals surface area contributed by atoms with E-state index in [4.69, 9.17) is 5.73 Å². The highest BCUT2D eigenvalue weighted by Gasteiger charge is 2.12. The molecule has 8 heteroatoms. The molecule has 0 aliphatic rings. The number of rotatable bonds is 5. The summed E-state index contributed by atoms with van der Waals surface area (Å²) in [5.74, 6) is 0.653. The highest BCUT2D eigenvalue weighted by Crippen LogP contribution is 2.22. The number of nitrogens with zero attached hydrogens (tertiary/aromatic N) is 3. The molecule has 0 radical (unpaired) electrons. The standard InChI is InChI=1S/C17H15N5O2S/c18-17(24)21-19-10-13-15(25-11-12-6-2-1-3-7-12)20-14-8-4-5-9-22(14)16(13)23/h1-10H,11H2,(H3,18,21,24)/b19-10+. The number of nitrogens with one attached hydrogen (secondary N) is 1. The lowest BCUT2D eigenvalue weighted by Crippen LogP contribution is -2.26. The van der Waals surface area contributed by atoms with Crippen molar-refractivity contribution in [1.29, 1.82) is 0 Å². The number of primary amides is 1. The number of hydrogen-bond acceptors (Lipinski definition) is 5. The Labute approximate surface area is 147 Å². The molecule has 0 saturated carbocycles. The molecule has 3 N–H and O–H groups in total. The molecule has 0 spiro atoms. The molecule has 3 rings (SSSR count). The van der Waals surface area contributed by atoms with Crippen LogP contribution in [-0.2, 0) is 5.75 Å². The Morgan fingerprint density at radius 2 is 2.00 bits per heavy atom. The van der Waals surface area contributed by atoms with Crippen molar-refractivity contribution in [2.24, 2.45) is 10.8 Å². The molecule has 126 valence electrons.